The molecule has 0 atom stereocenters. The second kappa shape index (κ2) is 9.59. The van der Waals surface area contributed by atoms with Crippen LogP contribution in [0, 0.1) is 13.8 Å². The first kappa shape index (κ1) is 23.4. The number of fused-ring (bicyclic) bond motifs is 1. The Kier molecular flexibility index (Phi) is 6.58. The van der Waals surface area contributed by atoms with Gasteiger partial charge in [0.1, 0.15) is 5.69 Å². The zero-order valence-corrected chi connectivity index (χ0v) is 19.8. The maximum atomic E-state index is 13.2. The fourth-order valence-corrected chi connectivity index (χ4v) is 3.87. The molecule has 7 nitrogen and oxygen atoms in total. The zero-order valence-electron chi connectivity index (χ0n) is 18.3. The average Bonchev–Trinajstić information content (AvgIpc) is 3.14. The van der Waals surface area contributed by atoms with E-state index in [2.05, 4.69) is 16.1 Å². The smallest absolute Gasteiger partial charge is 0.320 e. The summed E-state index contributed by atoms with van der Waals surface area (Å²) in [6.45, 7) is 3.85. The highest BCUT2D eigenvalue weighted by Gasteiger charge is 2.22. The van der Waals surface area contributed by atoms with Gasteiger partial charge in [0.05, 0.1) is 16.2 Å². The van der Waals surface area contributed by atoms with Gasteiger partial charge < -0.3 is 10.6 Å². The number of aromatic nitrogens is 1. The fraction of sp³-hybridized carbons (Fsp3) is 0.0800. The van der Waals surface area contributed by atoms with Crippen molar-refractivity contribution >= 4 is 63.2 Å². The molecule has 0 unspecified atom stereocenters. The van der Waals surface area contributed by atoms with Gasteiger partial charge in [0.25, 0.3) is 5.91 Å². The molecule has 4 aromatic rings. The minimum atomic E-state index is -0.979. The molecule has 0 saturated carbocycles. The van der Waals surface area contributed by atoms with Crippen LogP contribution in [-0.2, 0) is 9.59 Å². The molecule has 3 N–H and O–H groups in total. The highest BCUT2D eigenvalue weighted by atomic mass is 35.5. The van der Waals surface area contributed by atoms with Gasteiger partial charge in [-0.3, -0.25) is 19.8 Å². The van der Waals surface area contributed by atoms with Crippen LogP contribution in [-0.4, -0.2) is 22.4 Å². The molecule has 0 aliphatic heterocycles. The summed E-state index contributed by atoms with van der Waals surface area (Å²) in [7, 11) is 0. The second-order valence-electron chi connectivity index (χ2n) is 7.72. The third-order valence-electron chi connectivity index (χ3n) is 5.17. The lowest BCUT2D eigenvalue weighted by molar-refractivity contribution is -0.133. The topological polar surface area (TPSA) is 92.2 Å². The summed E-state index contributed by atoms with van der Waals surface area (Å²) in [5.74, 6) is -2.39. The second-order valence-corrected chi connectivity index (χ2v) is 8.56. The Morgan fingerprint density at radius 2 is 1.56 bits per heavy atom. The largest absolute Gasteiger partial charge is 0.328 e. The number of halogens is 2. The van der Waals surface area contributed by atoms with Crippen LogP contribution in [0.3, 0.4) is 0 Å². The van der Waals surface area contributed by atoms with Crippen molar-refractivity contribution in [1.29, 1.82) is 0 Å². The Labute approximate surface area is 205 Å². The molecule has 34 heavy (non-hydrogen) atoms. The Balaban J connectivity index is 1.65. The number of para-hydroxylation sites is 1. The standard InChI is InChI=1S/C25H20Cl2N4O3/c1-14-7-9-19(15(2)11-14)28-23(32)22-13-16-12-17(26)8-10-21(16)31(22)30-25(34)24(33)29-20-6-4-3-5-18(20)27/h3-13H,1-2H3,(H,28,32)(H,29,33)(H,30,34). The maximum Gasteiger partial charge on any atom is 0.328 e. The first-order chi connectivity index (χ1) is 16.2. The minimum absolute atomic E-state index is 0.121. The quantitative estimate of drug-likeness (QED) is 0.326. The van der Waals surface area contributed by atoms with E-state index in [0.717, 1.165) is 11.1 Å². The van der Waals surface area contributed by atoms with Crippen molar-refractivity contribution in [3.63, 3.8) is 0 Å². The van der Waals surface area contributed by atoms with Crippen LogP contribution in [0.4, 0.5) is 11.4 Å². The van der Waals surface area contributed by atoms with Crippen molar-refractivity contribution in [2.24, 2.45) is 0 Å². The first-order valence-corrected chi connectivity index (χ1v) is 11.0. The summed E-state index contributed by atoms with van der Waals surface area (Å²) in [5.41, 5.74) is 6.00. The number of rotatable bonds is 4. The molecule has 0 spiro atoms. The lowest BCUT2D eigenvalue weighted by Gasteiger charge is -2.14. The van der Waals surface area contributed by atoms with E-state index in [0.29, 0.717) is 32.3 Å². The molecule has 0 fully saturated rings. The highest BCUT2D eigenvalue weighted by molar-refractivity contribution is 6.44. The van der Waals surface area contributed by atoms with Gasteiger partial charge in [-0.15, -0.1) is 0 Å². The number of anilines is 2. The van der Waals surface area contributed by atoms with Gasteiger partial charge >= 0.3 is 11.8 Å². The van der Waals surface area contributed by atoms with E-state index in [9.17, 15) is 14.4 Å². The molecule has 1 heterocycles. The molecular formula is C25H20Cl2N4O3. The van der Waals surface area contributed by atoms with Gasteiger partial charge in [-0.1, -0.05) is 53.0 Å². The van der Waals surface area contributed by atoms with Crippen LogP contribution in [0.2, 0.25) is 10.0 Å². The van der Waals surface area contributed by atoms with Gasteiger partial charge in [0.15, 0.2) is 0 Å². The molecule has 0 saturated heterocycles. The summed E-state index contributed by atoms with van der Waals surface area (Å²) < 4.78 is 1.26. The van der Waals surface area contributed by atoms with Crippen LogP contribution < -0.4 is 16.1 Å². The van der Waals surface area contributed by atoms with E-state index in [1.54, 1.807) is 48.5 Å². The number of amides is 3. The molecule has 0 bridgehead atoms. The lowest BCUT2D eigenvalue weighted by atomic mass is 10.1. The highest BCUT2D eigenvalue weighted by Crippen LogP contribution is 2.25. The van der Waals surface area contributed by atoms with E-state index in [1.165, 1.54) is 4.68 Å². The molecule has 0 radical (unpaired) electrons. The van der Waals surface area contributed by atoms with Crippen LogP contribution in [0.25, 0.3) is 10.9 Å². The average molecular weight is 495 g/mol. The van der Waals surface area contributed by atoms with E-state index in [4.69, 9.17) is 23.2 Å². The van der Waals surface area contributed by atoms with Crippen molar-refractivity contribution in [2.75, 3.05) is 16.1 Å². The lowest BCUT2D eigenvalue weighted by Crippen LogP contribution is -2.36. The van der Waals surface area contributed by atoms with Crippen molar-refractivity contribution in [1.82, 2.24) is 4.68 Å². The van der Waals surface area contributed by atoms with E-state index >= 15 is 0 Å². The summed E-state index contributed by atoms with van der Waals surface area (Å²) in [4.78, 5) is 38.4. The molecule has 0 aliphatic rings. The third kappa shape index (κ3) is 4.90. The molecule has 0 aliphatic carbocycles. The Bertz CT molecular complexity index is 1450. The monoisotopic (exact) mass is 494 g/mol. The number of nitrogens with zero attached hydrogens (tertiary/aromatic N) is 1. The van der Waals surface area contributed by atoms with E-state index < -0.39 is 17.7 Å². The number of benzene rings is 3. The van der Waals surface area contributed by atoms with Gasteiger partial charge in [0.2, 0.25) is 0 Å². The Morgan fingerprint density at radius 3 is 2.29 bits per heavy atom. The number of nitrogens with one attached hydrogen (secondary N) is 3. The van der Waals surface area contributed by atoms with Gasteiger partial charge in [-0.05, 0) is 61.9 Å². The predicted octanol–water partition coefficient (Wildman–Crippen LogP) is 5.53. The van der Waals surface area contributed by atoms with Crippen LogP contribution in [0.15, 0.2) is 66.7 Å². The molecular weight excluding hydrogens is 475 g/mol. The predicted molar refractivity (Wildman–Crippen MR) is 135 cm³/mol. The molecule has 3 aromatic carbocycles. The number of aryl methyl sites for hydroxylation is 2. The number of carbonyl (C=O) groups is 3. The van der Waals surface area contributed by atoms with E-state index in [1.807, 2.05) is 32.0 Å². The normalized spacial score (nSPS) is 10.7. The van der Waals surface area contributed by atoms with Gasteiger partial charge in [-0.25, -0.2) is 4.68 Å². The van der Waals surface area contributed by atoms with Crippen LogP contribution >= 0.6 is 23.2 Å². The molecule has 9 heteroatoms. The summed E-state index contributed by atoms with van der Waals surface area (Å²) in [6.07, 6.45) is 0. The minimum Gasteiger partial charge on any atom is -0.320 e. The van der Waals surface area contributed by atoms with Crippen molar-refractivity contribution in [3.8, 4) is 0 Å². The molecule has 1 aromatic heterocycles. The van der Waals surface area contributed by atoms with Crippen LogP contribution in [0.1, 0.15) is 21.6 Å². The number of carbonyl (C=O) groups excluding carboxylic acids is 3. The number of hydrogen-bond acceptors (Lipinski definition) is 3. The third-order valence-corrected chi connectivity index (χ3v) is 5.73. The Morgan fingerprint density at radius 1 is 0.794 bits per heavy atom. The SMILES string of the molecule is Cc1ccc(NC(=O)c2cc3cc(Cl)ccc3n2NC(=O)C(=O)Nc2ccccc2Cl)c(C)c1. The number of hydrogen-bond donors (Lipinski definition) is 3. The van der Waals surface area contributed by atoms with Crippen molar-refractivity contribution < 1.29 is 14.4 Å². The molecule has 3 amide bonds. The van der Waals surface area contributed by atoms with Gasteiger partial charge in [0, 0.05) is 16.1 Å². The fourth-order valence-electron chi connectivity index (χ4n) is 3.51. The maximum absolute atomic E-state index is 13.2. The molecule has 4 rings (SSSR count). The van der Waals surface area contributed by atoms with Crippen molar-refractivity contribution in [3.05, 3.63) is 93.6 Å². The summed E-state index contributed by atoms with van der Waals surface area (Å²) in [6, 6.07) is 18.7. The van der Waals surface area contributed by atoms with Crippen molar-refractivity contribution in [2.45, 2.75) is 13.8 Å². The van der Waals surface area contributed by atoms with Gasteiger partial charge in [-0.2, -0.15) is 0 Å². The summed E-state index contributed by atoms with van der Waals surface area (Å²) in [5, 5.41) is 6.69. The van der Waals surface area contributed by atoms with E-state index in [-0.39, 0.29) is 5.69 Å². The first-order valence-electron chi connectivity index (χ1n) is 10.3. The van der Waals surface area contributed by atoms with Crippen LogP contribution in [0.5, 0.6) is 0 Å². The Hall–Kier alpha value is -3.81. The molecule has 172 valence electrons. The zero-order chi connectivity index (χ0) is 24.4. The summed E-state index contributed by atoms with van der Waals surface area (Å²) >= 11 is 12.2.